The molecule has 5 heteroatoms. The average molecular weight is 228 g/mol. The molecule has 0 aromatic carbocycles. The minimum Gasteiger partial charge on any atom is -0.481 e. The van der Waals surface area contributed by atoms with Crippen LogP contribution in [0.4, 0.5) is 0 Å². The topological polar surface area (TPSA) is 92.4 Å². The van der Waals surface area contributed by atoms with E-state index in [0.717, 1.165) is 19.3 Å². The van der Waals surface area contributed by atoms with Gasteiger partial charge in [-0.25, -0.2) is 0 Å². The summed E-state index contributed by atoms with van der Waals surface area (Å²) >= 11 is 0. The van der Waals surface area contributed by atoms with Crippen molar-refractivity contribution in [3.8, 4) is 0 Å². The van der Waals surface area contributed by atoms with Gasteiger partial charge in [-0.3, -0.25) is 9.59 Å². The van der Waals surface area contributed by atoms with Gasteiger partial charge in [0.05, 0.1) is 0 Å². The van der Waals surface area contributed by atoms with Crippen molar-refractivity contribution in [2.45, 2.75) is 32.1 Å². The molecule has 1 rings (SSSR count). The first kappa shape index (κ1) is 13.0. The van der Waals surface area contributed by atoms with Crippen LogP contribution in [0.15, 0.2) is 0 Å². The number of carbonyl (C=O) groups is 2. The van der Waals surface area contributed by atoms with Gasteiger partial charge in [-0.15, -0.1) is 0 Å². The van der Waals surface area contributed by atoms with Crippen LogP contribution in [0.5, 0.6) is 0 Å². The number of carbonyl (C=O) groups excluding carboxylic acids is 1. The molecule has 0 aliphatic heterocycles. The third kappa shape index (κ3) is 3.81. The maximum Gasteiger partial charge on any atom is 0.303 e. The molecule has 0 spiro atoms. The molecular weight excluding hydrogens is 208 g/mol. The molecule has 1 fully saturated rings. The SMILES string of the molecule is NCC1CCCC1C(=O)NCCCC(=O)O. The Bertz CT molecular complexity index is 256. The molecule has 0 saturated heterocycles. The second-order valence-electron chi connectivity index (χ2n) is 4.32. The predicted molar refractivity (Wildman–Crippen MR) is 59.8 cm³/mol. The summed E-state index contributed by atoms with van der Waals surface area (Å²) in [5.74, 6) is -0.442. The van der Waals surface area contributed by atoms with Crippen LogP contribution in [-0.2, 0) is 9.59 Å². The molecule has 1 aliphatic carbocycles. The van der Waals surface area contributed by atoms with Crippen molar-refractivity contribution >= 4 is 11.9 Å². The van der Waals surface area contributed by atoms with E-state index in [2.05, 4.69) is 5.32 Å². The Labute approximate surface area is 95.4 Å². The number of hydrogen-bond donors (Lipinski definition) is 3. The lowest BCUT2D eigenvalue weighted by Gasteiger charge is -2.17. The Kier molecular flexibility index (Phi) is 5.25. The quantitative estimate of drug-likeness (QED) is 0.572. The molecule has 1 saturated carbocycles. The first-order valence-corrected chi connectivity index (χ1v) is 5.84. The Morgan fingerprint density at radius 2 is 2.12 bits per heavy atom. The molecular formula is C11H20N2O3. The zero-order valence-electron chi connectivity index (χ0n) is 9.45. The number of rotatable bonds is 6. The third-order valence-corrected chi connectivity index (χ3v) is 3.17. The summed E-state index contributed by atoms with van der Waals surface area (Å²) in [5, 5.41) is 11.2. The van der Waals surface area contributed by atoms with Crippen LogP contribution in [0.25, 0.3) is 0 Å². The minimum atomic E-state index is -0.824. The van der Waals surface area contributed by atoms with Gasteiger partial charge in [-0.05, 0) is 31.7 Å². The summed E-state index contributed by atoms with van der Waals surface area (Å²) in [5.41, 5.74) is 5.60. The van der Waals surface area contributed by atoms with E-state index in [1.807, 2.05) is 0 Å². The van der Waals surface area contributed by atoms with Gasteiger partial charge in [-0.2, -0.15) is 0 Å². The van der Waals surface area contributed by atoms with E-state index in [0.29, 0.717) is 25.4 Å². The summed E-state index contributed by atoms with van der Waals surface area (Å²) in [6, 6.07) is 0. The van der Waals surface area contributed by atoms with E-state index in [9.17, 15) is 9.59 Å². The minimum absolute atomic E-state index is 0.0369. The number of nitrogens with one attached hydrogen (secondary N) is 1. The van der Waals surface area contributed by atoms with Gasteiger partial charge in [0.25, 0.3) is 0 Å². The lowest BCUT2D eigenvalue weighted by molar-refractivity contribution is -0.137. The summed E-state index contributed by atoms with van der Waals surface area (Å²) in [4.78, 5) is 22.0. The molecule has 0 radical (unpaired) electrons. The third-order valence-electron chi connectivity index (χ3n) is 3.17. The van der Waals surface area contributed by atoms with Crippen molar-refractivity contribution in [2.24, 2.45) is 17.6 Å². The van der Waals surface area contributed by atoms with Gasteiger partial charge in [-0.1, -0.05) is 6.42 Å². The van der Waals surface area contributed by atoms with Crippen molar-refractivity contribution in [2.75, 3.05) is 13.1 Å². The fraction of sp³-hybridized carbons (Fsp3) is 0.818. The van der Waals surface area contributed by atoms with Crippen LogP contribution < -0.4 is 11.1 Å². The maximum atomic E-state index is 11.7. The van der Waals surface area contributed by atoms with Crippen molar-refractivity contribution in [1.82, 2.24) is 5.32 Å². The Hall–Kier alpha value is -1.10. The second-order valence-corrected chi connectivity index (χ2v) is 4.32. The van der Waals surface area contributed by atoms with Crippen molar-refractivity contribution in [3.05, 3.63) is 0 Å². The zero-order chi connectivity index (χ0) is 12.0. The predicted octanol–water partition coefficient (Wildman–Crippen LogP) is 0.342. The van der Waals surface area contributed by atoms with Crippen LogP contribution in [-0.4, -0.2) is 30.1 Å². The monoisotopic (exact) mass is 228 g/mol. The standard InChI is InChI=1S/C11H20N2O3/c12-7-8-3-1-4-9(8)11(16)13-6-2-5-10(14)15/h8-9H,1-7,12H2,(H,13,16)(H,14,15). The van der Waals surface area contributed by atoms with Gasteiger partial charge in [0.1, 0.15) is 0 Å². The van der Waals surface area contributed by atoms with Gasteiger partial charge in [0.15, 0.2) is 0 Å². The number of aliphatic carboxylic acids is 1. The number of carboxylic acids is 1. The molecule has 2 unspecified atom stereocenters. The van der Waals surface area contributed by atoms with Gasteiger partial charge in [0.2, 0.25) is 5.91 Å². The first-order valence-electron chi connectivity index (χ1n) is 5.84. The molecule has 5 nitrogen and oxygen atoms in total. The normalized spacial score (nSPS) is 24.3. The summed E-state index contributed by atoms with van der Waals surface area (Å²) in [6.07, 6.45) is 3.60. The first-order chi connectivity index (χ1) is 7.65. The van der Waals surface area contributed by atoms with Crippen molar-refractivity contribution in [1.29, 1.82) is 0 Å². The van der Waals surface area contributed by atoms with Crippen LogP contribution >= 0.6 is 0 Å². The highest BCUT2D eigenvalue weighted by molar-refractivity contribution is 5.79. The number of amides is 1. The highest BCUT2D eigenvalue weighted by atomic mass is 16.4. The number of carboxylic acid groups (broad SMARTS) is 1. The van der Waals surface area contributed by atoms with E-state index >= 15 is 0 Å². The molecule has 1 aliphatic rings. The Morgan fingerprint density at radius 1 is 1.38 bits per heavy atom. The molecule has 92 valence electrons. The molecule has 2 atom stereocenters. The summed E-state index contributed by atoms with van der Waals surface area (Å²) in [7, 11) is 0. The van der Waals surface area contributed by atoms with E-state index in [4.69, 9.17) is 10.8 Å². The molecule has 16 heavy (non-hydrogen) atoms. The van der Waals surface area contributed by atoms with Crippen LogP contribution in [0.2, 0.25) is 0 Å². The number of hydrogen-bond acceptors (Lipinski definition) is 3. The van der Waals surface area contributed by atoms with Crippen LogP contribution in [0, 0.1) is 11.8 Å². The van der Waals surface area contributed by atoms with Crippen LogP contribution in [0.3, 0.4) is 0 Å². The van der Waals surface area contributed by atoms with E-state index in [-0.39, 0.29) is 18.2 Å². The average Bonchev–Trinajstić information content (AvgIpc) is 2.71. The van der Waals surface area contributed by atoms with Crippen LogP contribution in [0.1, 0.15) is 32.1 Å². The largest absolute Gasteiger partial charge is 0.481 e. The molecule has 1 amide bonds. The molecule has 0 aromatic rings. The highest BCUT2D eigenvalue weighted by Gasteiger charge is 2.31. The fourth-order valence-electron chi connectivity index (χ4n) is 2.25. The Balaban J connectivity index is 2.21. The second kappa shape index (κ2) is 6.48. The van der Waals surface area contributed by atoms with Crippen molar-refractivity contribution < 1.29 is 14.7 Å². The Morgan fingerprint density at radius 3 is 2.75 bits per heavy atom. The fourth-order valence-corrected chi connectivity index (χ4v) is 2.25. The smallest absolute Gasteiger partial charge is 0.303 e. The van der Waals surface area contributed by atoms with E-state index in [1.54, 1.807) is 0 Å². The lowest BCUT2D eigenvalue weighted by Crippen LogP contribution is -2.35. The zero-order valence-corrected chi connectivity index (χ0v) is 9.45. The van der Waals surface area contributed by atoms with Crippen molar-refractivity contribution in [3.63, 3.8) is 0 Å². The molecule has 0 aromatic heterocycles. The van der Waals surface area contributed by atoms with Gasteiger partial charge < -0.3 is 16.2 Å². The summed E-state index contributed by atoms with van der Waals surface area (Å²) < 4.78 is 0. The molecule has 4 N–H and O–H groups in total. The maximum absolute atomic E-state index is 11.7. The van der Waals surface area contributed by atoms with Gasteiger partial charge >= 0.3 is 5.97 Å². The lowest BCUT2D eigenvalue weighted by atomic mass is 9.95. The number of nitrogens with two attached hydrogens (primary N) is 1. The van der Waals surface area contributed by atoms with E-state index in [1.165, 1.54) is 0 Å². The molecule has 0 bridgehead atoms. The molecule has 0 heterocycles. The summed E-state index contributed by atoms with van der Waals surface area (Å²) in [6.45, 7) is 1.01. The van der Waals surface area contributed by atoms with E-state index < -0.39 is 5.97 Å². The van der Waals surface area contributed by atoms with Gasteiger partial charge in [0, 0.05) is 18.9 Å². The highest BCUT2D eigenvalue weighted by Crippen LogP contribution is 2.30.